The van der Waals surface area contributed by atoms with Crippen LogP contribution in [0.2, 0.25) is 0 Å². The number of sulfonamides is 1. The molecule has 3 aromatic carbocycles. The molecule has 36 heavy (non-hydrogen) atoms. The van der Waals surface area contributed by atoms with Crippen molar-refractivity contribution in [2.24, 2.45) is 0 Å². The highest BCUT2D eigenvalue weighted by atomic mass is 32.2. The molecule has 1 N–H and O–H groups in total. The number of hydrogen-bond donors (Lipinski definition) is 1. The molecule has 0 atom stereocenters. The molecule has 1 amide bonds. The van der Waals surface area contributed by atoms with Crippen molar-refractivity contribution in [2.75, 3.05) is 39.7 Å². The average molecular weight is 515 g/mol. The summed E-state index contributed by atoms with van der Waals surface area (Å²) in [6.45, 7) is 2.00. The third-order valence-corrected chi connectivity index (χ3v) is 6.77. The minimum atomic E-state index is -3.75. The van der Waals surface area contributed by atoms with Crippen LogP contribution in [0.1, 0.15) is 11.1 Å². The second-order valence-electron chi connectivity index (χ2n) is 8.01. The number of rotatable bonds is 11. The lowest BCUT2D eigenvalue weighted by Crippen LogP contribution is -2.31. The Morgan fingerprint density at radius 3 is 2.00 bits per heavy atom. The van der Waals surface area contributed by atoms with Gasteiger partial charge in [0.15, 0.2) is 18.1 Å². The lowest BCUT2D eigenvalue weighted by Gasteiger charge is -2.20. The van der Waals surface area contributed by atoms with E-state index in [0.717, 1.165) is 11.1 Å². The van der Waals surface area contributed by atoms with E-state index < -0.39 is 10.0 Å². The highest BCUT2D eigenvalue weighted by molar-refractivity contribution is 7.92. The molecule has 0 aliphatic heterocycles. The maximum Gasteiger partial charge on any atom is 0.261 e. The first-order valence-electron chi connectivity index (χ1n) is 11.0. The second kappa shape index (κ2) is 11.7. The van der Waals surface area contributed by atoms with Crippen molar-refractivity contribution >= 4 is 21.6 Å². The summed E-state index contributed by atoms with van der Waals surface area (Å²) in [5.74, 6) is 1.58. The number of amides is 1. The van der Waals surface area contributed by atoms with Gasteiger partial charge in [0.05, 0.1) is 26.2 Å². The third kappa shape index (κ3) is 6.60. The summed E-state index contributed by atoms with van der Waals surface area (Å²) < 4.78 is 49.4. The number of benzene rings is 3. The molecule has 0 aromatic heterocycles. The van der Waals surface area contributed by atoms with Gasteiger partial charge in [0.2, 0.25) is 5.75 Å². The molecule has 0 heterocycles. The van der Waals surface area contributed by atoms with E-state index in [0.29, 0.717) is 35.2 Å². The number of nitrogens with zero attached hydrogens (tertiary/aromatic N) is 1. The van der Waals surface area contributed by atoms with Crippen LogP contribution in [0.4, 0.5) is 5.69 Å². The number of carbonyl (C=O) groups is 1. The number of likely N-dealkylation sites (N-methyl/N-ethyl adjacent to an activating group) is 1. The van der Waals surface area contributed by atoms with Gasteiger partial charge in [-0.3, -0.25) is 9.52 Å². The predicted octanol–water partition coefficient (Wildman–Crippen LogP) is 3.86. The molecule has 0 aliphatic rings. The molecule has 3 rings (SSSR count). The molecule has 10 heteroatoms. The molecule has 3 aromatic rings. The molecule has 0 saturated heterocycles. The Morgan fingerprint density at radius 1 is 0.889 bits per heavy atom. The van der Waals surface area contributed by atoms with Gasteiger partial charge in [-0.15, -0.1) is 0 Å². The number of carbonyl (C=O) groups excluding carboxylic acids is 1. The topological polar surface area (TPSA) is 103 Å². The summed E-state index contributed by atoms with van der Waals surface area (Å²) in [6, 6.07) is 16.5. The van der Waals surface area contributed by atoms with Crippen LogP contribution in [0, 0.1) is 6.92 Å². The van der Waals surface area contributed by atoms with E-state index in [1.807, 2.05) is 19.1 Å². The molecule has 0 aliphatic carbocycles. The van der Waals surface area contributed by atoms with Gasteiger partial charge in [-0.2, -0.15) is 0 Å². The van der Waals surface area contributed by atoms with Crippen LogP contribution in [-0.4, -0.2) is 54.2 Å². The minimum Gasteiger partial charge on any atom is -0.493 e. The van der Waals surface area contributed by atoms with Gasteiger partial charge in [0.25, 0.3) is 15.9 Å². The van der Waals surface area contributed by atoms with Gasteiger partial charge in [0, 0.05) is 19.3 Å². The maximum atomic E-state index is 12.6. The fraction of sp³-hybridized carbons (Fsp3) is 0.269. The van der Waals surface area contributed by atoms with Crippen LogP contribution < -0.4 is 23.7 Å². The molecule has 0 unspecified atom stereocenters. The van der Waals surface area contributed by atoms with Gasteiger partial charge in [-0.25, -0.2) is 8.42 Å². The summed E-state index contributed by atoms with van der Waals surface area (Å²) in [7, 11) is 2.48. The smallest absolute Gasteiger partial charge is 0.261 e. The Labute approximate surface area is 211 Å². The average Bonchev–Trinajstić information content (AvgIpc) is 2.88. The maximum absolute atomic E-state index is 12.6. The zero-order valence-electron chi connectivity index (χ0n) is 20.9. The summed E-state index contributed by atoms with van der Waals surface area (Å²) in [6.07, 6.45) is 0. The standard InChI is InChI=1S/C26H30N2O7S/c1-18-6-8-20(9-7-18)27-36(30,31)22-12-10-21(11-13-22)35-17-25(29)28(2)16-19-14-23(32-3)26(34-5)24(15-19)33-4/h6-15,27H,16-17H2,1-5H3. The minimum absolute atomic E-state index is 0.0845. The SMILES string of the molecule is COc1cc(CN(C)C(=O)COc2ccc(S(=O)(=O)Nc3ccc(C)cc3)cc2)cc(OC)c1OC. The summed E-state index contributed by atoms with van der Waals surface area (Å²) in [5.41, 5.74) is 2.29. The predicted molar refractivity (Wildman–Crippen MR) is 136 cm³/mol. The molecule has 0 bridgehead atoms. The summed E-state index contributed by atoms with van der Waals surface area (Å²) >= 11 is 0. The first kappa shape index (κ1) is 26.7. The highest BCUT2D eigenvalue weighted by Crippen LogP contribution is 2.38. The van der Waals surface area contributed by atoms with E-state index in [2.05, 4.69) is 4.72 Å². The zero-order valence-corrected chi connectivity index (χ0v) is 21.7. The van der Waals surface area contributed by atoms with E-state index >= 15 is 0 Å². The summed E-state index contributed by atoms with van der Waals surface area (Å²) in [5, 5.41) is 0. The largest absolute Gasteiger partial charge is 0.493 e. The lowest BCUT2D eigenvalue weighted by atomic mass is 10.1. The van der Waals surface area contributed by atoms with Crippen molar-refractivity contribution < 1.29 is 32.2 Å². The number of nitrogens with one attached hydrogen (secondary N) is 1. The van der Waals surface area contributed by atoms with Crippen molar-refractivity contribution in [1.29, 1.82) is 0 Å². The van der Waals surface area contributed by atoms with Gasteiger partial charge < -0.3 is 23.8 Å². The number of methoxy groups -OCH3 is 3. The first-order chi connectivity index (χ1) is 17.2. The normalized spacial score (nSPS) is 10.9. The van der Waals surface area contributed by atoms with E-state index in [4.69, 9.17) is 18.9 Å². The van der Waals surface area contributed by atoms with Crippen molar-refractivity contribution in [1.82, 2.24) is 4.90 Å². The monoisotopic (exact) mass is 514 g/mol. The Hall–Kier alpha value is -3.92. The van der Waals surface area contributed by atoms with E-state index in [1.165, 1.54) is 50.5 Å². The van der Waals surface area contributed by atoms with Crippen LogP contribution >= 0.6 is 0 Å². The first-order valence-corrected chi connectivity index (χ1v) is 12.5. The Balaban J connectivity index is 1.59. The Bertz CT molecular complexity index is 1270. The zero-order chi connectivity index (χ0) is 26.3. The summed E-state index contributed by atoms with van der Waals surface area (Å²) in [4.78, 5) is 14.2. The lowest BCUT2D eigenvalue weighted by molar-refractivity contribution is -0.132. The fourth-order valence-corrected chi connectivity index (χ4v) is 4.45. The molecule has 192 valence electrons. The van der Waals surface area contributed by atoms with Crippen molar-refractivity contribution in [3.05, 3.63) is 71.8 Å². The Kier molecular flexibility index (Phi) is 8.65. The number of aryl methyl sites for hydroxylation is 1. The molecule has 0 fully saturated rings. The number of hydrogen-bond acceptors (Lipinski definition) is 7. The fourth-order valence-electron chi connectivity index (χ4n) is 3.39. The van der Waals surface area contributed by atoms with Crippen molar-refractivity contribution in [3.63, 3.8) is 0 Å². The van der Waals surface area contributed by atoms with Gasteiger partial charge in [-0.05, 0) is 61.0 Å². The van der Waals surface area contributed by atoms with E-state index in [-0.39, 0.29) is 17.4 Å². The highest BCUT2D eigenvalue weighted by Gasteiger charge is 2.17. The number of ether oxygens (including phenoxy) is 4. The van der Waals surface area contributed by atoms with Crippen LogP contribution in [0.3, 0.4) is 0 Å². The van der Waals surface area contributed by atoms with Crippen LogP contribution in [0.15, 0.2) is 65.6 Å². The van der Waals surface area contributed by atoms with Crippen LogP contribution in [-0.2, 0) is 21.4 Å². The van der Waals surface area contributed by atoms with Gasteiger partial charge in [0.1, 0.15) is 5.75 Å². The molecule has 0 saturated carbocycles. The van der Waals surface area contributed by atoms with Gasteiger partial charge in [-0.1, -0.05) is 17.7 Å². The van der Waals surface area contributed by atoms with Gasteiger partial charge >= 0.3 is 0 Å². The van der Waals surface area contributed by atoms with Crippen LogP contribution in [0.25, 0.3) is 0 Å². The number of anilines is 1. The molecular weight excluding hydrogens is 484 g/mol. The second-order valence-corrected chi connectivity index (χ2v) is 9.70. The quantitative estimate of drug-likeness (QED) is 0.414. The van der Waals surface area contributed by atoms with Crippen LogP contribution in [0.5, 0.6) is 23.0 Å². The van der Waals surface area contributed by atoms with Crippen molar-refractivity contribution in [3.8, 4) is 23.0 Å². The van der Waals surface area contributed by atoms with E-state index in [1.54, 1.807) is 31.3 Å². The molecule has 0 radical (unpaired) electrons. The molecular formula is C26H30N2O7S. The van der Waals surface area contributed by atoms with E-state index in [9.17, 15) is 13.2 Å². The molecule has 0 spiro atoms. The third-order valence-electron chi connectivity index (χ3n) is 5.37. The Morgan fingerprint density at radius 2 is 1.47 bits per heavy atom. The molecule has 9 nitrogen and oxygen atoms in total. The van der Waals surface area contributed by atoms with Crippen molar-refractivity contribution in [2.45, 2.75) is 18.4 Å².